The van der Waals surface area contributed by atoms with Gasteiger partial charge in [0.1, 0.15) is 0 Å². The molecule has 23 heavy (non-hydrogen) atoms. The number of nitroso groups, excluding NO2 is 1. The summed E-state index contributed by atoms with van der Waals surface area (Å²) in [4.78, 5) is 12.9. The minimum Gasteiger partial charge on any atom is -0.367 e. The Morgan fingerprint density at radius 3 is 2.48 bits per heavy atom. The van der Waals surface area contributed by atoms with Gasteiger partial charge in [-0.2, -0.15) is 0 Å². The van der Waals surface area contributed by atoms with E-state index >= 15 is 0 Å². The van der Waals surface area contributed by atoms with Crippen molar-refractivity contribution in [2.24, 2.45) is 5.29 Å². The van der Waals surface area contributed by atoms with Crippen LogP contribution < -0.4 is 4.90 Å². The maximum absolute atomic E-state index is 11.2. The fourth-order valence-corrected chi connectivity index (χ4v) is 3.18. The first-order chi connectivity index (χ1) is 14.2. The van der Waals surface area contributed by atoms with Gasteiger partial charge in [0.2, 0.25) is 0 Å². The number of anilines is 1. The third-order valence-corrected chi connectivity index (χ3v) is 4.52. The van der Waals surface area contributed by atoms with Crippen LogP contribution in [-0.2, 0) is 0 Å². The molecule has 0 radical (unpaired) electrons. The Hall–Kier alpha value is -2.01. The van der Waals surface area contributed by atoms with Crippen molar-refractivity contribution in [2.75, 3.05) is 30.9 Å². The number of nitrogens with zero attached hydrogens (tertiary/aromatic N) is 3. The molecule has 0 atom stereocenters. The summed E-state index contributed by atoms with van der Waals surface area (Å²) in [5.74, 6) is 0. The molecule has 0 spiro atoms. The number of hydrogen-bond donors (Lipinski definition) is 0. The summed E-state index contributed by atoms with van der Waals surface area (Å²) in [6.07, 6.45) is 0. The maximum atomic E-state index is 11.2. The second kappa shape index (κ2) is 7.04. The van der Waals surface area contributed by atoms with Gasteiger partial charge in [-0.25, -0.2) is 0 Å². The molecular weight excluding hydrogens is 306 g/mol. The summed E-state index contributed by atoms with van der Waals surface area (Å²) in [7, 11) is 0. The zero-order valence-electron chi connectivity index (χ0n) is 20.7. The Morgan fingerprint density at radius 1 is 1.04 bits per heavy atom. The third-order valence-electron chi connectivity index (χ3n) is 3.27. The Morgan fingerprint density at radius 2 is 1.78 bits per heavy atom. The quantitative estimate of drug-likeness (QED) is 0.782. The van der Waals surface area contributed by atoms with Crippen LogP contribution in [0.15, 0.2) is 57.5 Å². The molecule has 2 aromatic carbocycles. The van der Waals surface area contributed by atoms with Crippen LogP contribution in [0.2, 0.25) is 0 Å². The second-order valence-corrected chi connectivity index (χ2v) is 6.10. The number of aryl methyl sites for hydroxylation is 2. The summed E-state index contributed by atoms with van der Waals surface area (Å²) in [5.41, 5.74) is 1.97. The van der Waals surface area contributed by atoms with E-state index < -0.39 is 26.0 Å². The zero-order valence-corrected chi connectivity index (χ0v) is 13.5. The van der Waals surface area contributed by atoms with Gasteiger partial charge in [-0.15, -0.1) is 4.91 Å². The Kier molecular flexibility index (Phi) is 2.67. The first-order valence-corrected chi connectivity index (χ1v) is 7.79. The van der Waals surface area contributed by atoms with Crippen molar-refractivity contribution in [2.45, 2.75) is 23.6 Å². The van der Waals surface area contributed by atoms with E-state index in [9.17, 15) is 4.91 Å². The van der Waals surface area contributed by atoms with Gasteiger partial charge in [0, 0.05) is 22.8 Å². The van der Waals surface area contributed by atoms with E-state index in [2.05, 4.69) is 5.29 Å². The molecule has 3 rings (SSSR count). The number of piperazine rings is 1. The van der Waals surface area contributed by atoms with E-state index in [0.29, 0.717) is 9.80 Å². The predicted octanol–water partition coefficient (Wildman–Crippen LogP) is 4.26. The van der Waals surface area contributed by atoms with Gasteiger partial charge in [0.15, 0.2) is 0 Å². The second-order valence-electron chi connectivity index (χ2n) is 5.01. The molecule has 1 saturated heterocycles. The van der Waals surface area contributed by atoms with Crippen LogP contribution in [0.5, 0.6) is 0 Å². The molecule has 0 aliphatic carbocycles. The Bertz CT molecular complexity index is 989. The average Bonchev–Trinajstić information content (AvgIpc) is 2.64. The van der Waals surface area contributed by atoms with Crippen LogP contribution >= 0.6 is 11.8 Å². The van der Waals surface area contributed by atoms with Crippen molar-refractivity contribution < 1.29 is 11.0 Å². The van der Waals surface area contributed by atoms with Crippen molar-refractivity contribution in [1.29, 1.82) is 0 Å². The van der Waals surface area contributed by atoms with Crippen LogP contribution in [-0.4, -0.2) is 31.0 Å². The largest absolute Gasteiger partial charge is 0.367 e. The zero-order chi connectivity index (χ0) is 23.4. The fraction of sp³-hybridized carbons (Fsp3) is 0.333. The van der Waals surface area contributed by atoms with Crippen molar-refractivity contribution in [3.63, 3.8) is 0 Å². The van der Waals surface area contributed by atoms with Gasteiger partial charge in [0.25, 0.3) is 0 Å². The van der Waals surface area contributed by atoms with Gasteiger partial charge in [0.05, 0.1) is 34.9 Å². The lowest BCUT2D eigenvalue weighted by molar-refractivity contribution is 0.266. The van der Waals surface area contributed by atoms with E-state index in [1.54, 1.807) is 12.1 Å². The number of hydrogen-bond acceptors (Lipinski definition) is 4. The molecule has 1 heterocycles. The monoisotopic (exact) mass is 335 g/mol. The van der Waals surface area contributed by atoms with Crippen molar-refractivity contribution in [1.82, 2.24) is 5.01 Å². The number of rotatable bonds is 4. The number of benzene rings is 2. The predicted molar refractivity (Wildman–Crippen MR) is 96.1 cm³/mol. The molecule has 0 bridgehead atoms. The smallest absolute Gasteiger partial charge is 0.0568 e. The molecule has 4 nitrogen and oxygen atoms in total. The van der Waals surface area contributed by atoms with Crippen LogP contribution in [0.4, 0.5) is 5.69 Å². The molecule has 120 valence electrons. The minimum atomic E-state index is -3.26. The van der Waals surface area contributed by atoms with Crippen LogP contribution in [0.25, 0.3) is 0 Å². The minimum absolute atomic E-state index is 0.0410. The highest BCUT2D eigenvalue weighted by atomic mass is 32.2. The summed E-state index contributed by atoms with van der Waals surface area (Å²) in [6.45, 7) is -8.96. The van der Waals surface area contributed by atoms with E-state index in [-0.39, 0.29) is 10.7 Å². The first-order valence-electron chi connectivity index (χ1n) is 11.0. The Balaban J connectivity index is 2.20. The van der Waals surface area contributed by atoms with Crippen LogP contribution in [0, 0.1) is 18.8 Å². The summed E-state index contributed by atoms with van der Waals surface area (Å²) >= 11 is 1.23. The molecule has 5 heteroatoms. The summed E-state index contributed by atoms with van der Waals surface area (Å²) < 4.78 is 66.1. The molecule has 2 aromatic rings. The van der Waals surface area contributed by atoms with Gasteiger partial charge in [-0.3, -0.25) is 5.01 Å². The summed E-state index contributed by atoms with van der Waals surface area (Å²) in [5, 5.41) is 1.99. The SMILES string of the molecule is [2H]C1([2H])N(N=O)C([2H])([2H])C([2H])([2H])N(c2ccccc2Sc2ccc(C)cc2C)C1([2H])[2H]. The standard InChI is InChI=1S/C18H21N3OS/c1-14-7-8-17(15(2)13-14)23-18-6-4-3-5-16(18)20-9-11-21(19-22)12-10-20/h3-8,13H,9-12H2,1-2H3/i9D2,10D2,11D2,12D2. The molecule has 0 aromatic heterocycles. The first kappa shape index (κ1) is 8.73. The van der Waals surface area contributed by atoms with Crippen molar-refractivity contribution >= 4 is 17.4 Å². The highest BCUT2D eigenvalue weighted by Gasteiger charge is 2.19. The fourth-order valence-electron chi connectivity index (χ4n) is 2.17. The normalized spacial score (nSPS) is 28.8. The molecule has 0 amide bonds. The van der Waals surface area contributed by atoms with E-state index in [1.807, 2.05) is 32.0 Å². The highest BCUT2D eigenvalue weighted by Crippen LogP contribution is 2.37. The lowest BCUT2D eigenvalue weighted by Gasteiger charge is -2.34. The van der Waals surface area contributed by atoms with E-state index in [4.69, 9.17) is 11.0 Å². The van der Waals surface area contributed by atoms with Crippen molar-refractivity contribution in [3.8, 4) is 0 Å². The molecule has 0 unspecified atom stereocenters. The number of para-hydroxylation sites is 1. The maximum Gasteiger partial charge on any atom is 0.0568 e. The molecule has 1 aliphatic rings. The third kappa shape index (κ3) is 3.67. The van der Waals surface area contributed by atoms with Crippen LogP contribution in [0.1, 0.15) is 22.1 Å². The lowest BCUT2D eigenvalue weighted by atomic mass is 10.2. The van der Waals surface area contributed by atoms with Gasteiger partial charge in [-0.1, -0.05) is 41.6 Å². The molecule has 1 aliphatic heterocycles. The topological polar surface area (TPSA) is 35.9 Å². The molecular formula is C18H21N3OS. The summed E-state index contributed by atoms with van der Waals surface area (Å²) in [6, 6.07) is 12.0. The van der Waals surface area contributed by atoms with E-state index in [1.165, 1.54) is 23.9 Å². The molecule has 0 saturated carbocycles. The average molecular weight is 336 g/mol. The molecule has 0 N–H and O–H groups in total. The van der Waals surface area contributed by atoms with Crippen molar-refractivity contribution in [3.05, 3.63) is 58.5 Å². The van der Waals surface area contributed by atoms with Gasteiger partial charge < -0.3 is 4.90 Å². The van der Waals surface area contributed by atoms with E-state index in [0.717, 1.165) is 16.0 Å². The lowest BCUT2D eigenvalue weighted by Crippen LogP contribution is -2.44. The van der Waals surface area contributed by atoms with Gasteiger partial charge in [-0.05, 0) is 37.6 Å². The molecule has 1 fully saturated rings. The van der Waals surface area contributed by atoms with Gasteiger partial charge >= 0.3 is 0 Å². The Labute approximate surface area is 152 Å². The van der Waals surface area contributed by atoms with Crippen LogP contribution in [0.3, 0.4) is 0 Å². The highest BCUT2D eigenvalue weighted by molar-refractivity contribution is 7.99.